The van der Waals surface area contributed by atoms with E-state index in [9.17, 15) is 19.7 Å². The van der Waals surface area contributed by atoms with E-state index in [0.29, 0.717) is 21.6 Å². The summed E-state index contributed by atoms with van der Waals surface area (Å²) < 4.78 is 2.49. The molecular formula is C21H14N4O5S. The lowest BCUT2D eigenvalue weighted by Crippen LogP contribution is -2.16. The molecular weight excluding hydrogens is 420 g/mol. The highest BCUT2D eigenvalue weighted by molar-refractivity contribution is 7.20. The summed E-state index contributed by atoms with van der Waals surface area (Å²) in [6.45, 7) is 0. The fourth-order valence-corrected chi connectivity index (χ4v) is 3.92. The van der Waals surface area contributed by atoms with Crippen LogP contribution >= 0.6 is 11.3 Å². The molecule has 0 aliphatic heterocycles. The van der Waals surface area contributed by atoms with Crippen molar-refractivity contribution < 1.29 is 19.6 Å². The Hall–Kier alpha value is -4.31. The molecule has 0 fully saturated rings. The summed E-state index contributed by atoms with van der Waals surface area (Å²) in [6.07, 6.45) is 3.20. The number of benzene rings is 2. The molecule has 2 aromatic carbocycles. The molecule has 4 rings (SSSR count). The molecule has 10 heteroatoms. The van der Waals surface area contributed by atoms with Gasteiger partial charge in [-0.1, -0.05) is 6.07 Å². The van der Waals surface area contributed by atoms with Crippen molar-refractivity contribution in [3.8, 4) is 5.69 Å². The predicted octanol–water partition coefficient (Wildman–Crippen LogP) is 4.06. The van der Waals surface area contributed by atoms with Crippen LogP contribution in [0.4, 0.5) is 5.69 Å². The number of carbonyl (C=O) groups is 2. The number of rotatable bonds is 6. The first-order chi connectivity index (χ1) is 14.9. The van der Waals surface area contributed by atoms with Crippen molar-refractivity contribution in [2.75, 3.05) is 0 Å². The second-order valence-electron chi connectivity index (χ2n) is 6.45. The molecule has 0 saturated heterocycles. The smallest absolute Gasteiger partial charge is 0.335 e. The number of nitrogens with zero attached hydrogens (tertiary/aromatic N) is 3. The van der Waals surface area contributed by atoms with Gasteiger partial charge in [0.25, 0.3) is 11.6 Å². The zero-order valence-electron chi connectivity index (χ0n) is 15.8. The molecule has 0 bridgehead atoms. The highest BCUT2D eigenvalue weighted by Gasteiger charge is 2.13. The van der Waals surface area contributed by atoms with Gasteiger partial charge in [0.1, 0.15) is 0 Å². The molecule has 31 heavy (non-hydrogen) atoms. The fraction of sp³-hybridized carbons (Fsp3) is 0. The van der Waals surface area contributed by atoms with E-state index in [1.165, 1.54) is 41.8 Å². The van der Waals surface area contributed by atoms with Crippen molar-refractivity contribution in [2.45, 2.75) is 0 Å². The Labute approximate surface area is 179 Å². The summed E-state index contributed by atoms with van der Waals surface area (Å²) in [5.74, 6) is -1.46. The van der Waals surface area contributed by atoms with Gasteiger partial charge < -0.3 is 9.67 Å². The van der Waals surface area contributed by atoms with E-state index < -0.39 is 16.8 Å². The molecule has 0 spiro atoms. The normalized spacial score (nSPS) is 11.1. The number of hydrazone groups is 1. The van der Waals surface area contributed by atoms with Gasteiger partial charge in [0.2, 0.25) is 0 Å². The van der Waals surface area contributed by atoms with Crippen molar-refractivity contribution in [2.24, 2.45) is 5.10 Å². The Morgan fingerprint density at radius 3 is 2.74 bits per heavy atom. The Bertz CT molecular complexity index is 1350. The molecule has 0 aliphatic rings. The van der Waals surface area contributed by atoms with Crippen molar-refractivity contribution in [3.63, 3.8) is 0 Å². The summed E-state index contributed by atoms with van der Waals surface area (Å²) in [5.41, 5.74) is 3.84. The fourth-order valence-electron chi connectivity index (χ4n) is 2.99. The maximum atomic E-state index is 12.4. The summed E-state index contributed by atoms with van der Waals surface area (Å²) in [7, 11) is 0. The molecule has 9 nitrogen and oxygen atoms in total. The van der Waals surface area contributed by atoms with Crippen LogP contribution in [0.25, 0.3) is 15.8 Å². The second-order valence-corrected chi connectivity index (χ2v) is 7.53. The van der Waals surface area contributed by atoms with Crippen LogP contribution in [-0.2, 0) is 0 Å². The molecule has 2 aromatic heterocycles. The van der Waals surface area contributed by atoms with Crippen LogP contribution in [-0.4, -0.2) is 32.7 Å². The second kappa shape index (κ2) is 8.20. The van der Waals surface area contributed by atoms with Crippen molar-refractivity contribution in [3.05, 3.63) is 93.1 Å². The maximum absolute atomic E-state index is 12.4. The molecule has 1 amide bonds. The summed E-state index contributed by atoms with van der Waals surface area (Å²) in [5, 5.41) is 24.7. The van der Waals surface area contributed by atoms with Gasteiger partial charge >= 0.3 is 5.97 Å². The molecule has 0 saturated carbocycles. The number of carboxylic acids is 1. The number of carboxylic acid groups (broad SMARTS) is 1. The van der Waals surface area contributed by atoms with E-state index in [-0.39, 0.29) is 11.3 Å². The maximum Gasteiger partial charge on any atom is 0.335 e. The van der Waals surface area contributed by atoms with E-state index >= 15 is 0 Å². The number of nitro groups is 1. The Morgan fingerprint density at radius 1 is 1.13 bits per heavy atom. The van der Waals surface area contributed by atoms with Gasteiger partial charge in [-0.3, -0.25) is 14.9 Å². The first kappa shape index (κ1) is 20.0. The first-order valence-corrected chi connectivity index (χ1v) is 9.76. The first-order valence-electron chi connectivity index (χ1n) is 8.95. The van der Waals surface area contributed by atoms with Gasteiger partial charge in [0.05, 0.1) is 27.3 Å². The number of aromatic nitrogens is 1. The number of hydrogen-bond donors (Lipinski definition) is 2. The summed E-state index contributed by atoms with van der Waals surface area (Å²) in [4.78, 5) is 34.4. The number of carbonyl (C=O) groups excluding carboxylic acids is 1. The van der Waals surface area contributed by atoms with E-state index in [2.05, 4.69) is 10.5 Å². The quantitative estimate of drug-likeness (QED) is 0.269. The zero-order valence-corrected chi connectivity index (χ0v) is 16.6. The van der Waals surface area contributed by atoms with Gasteiger partial charge in [-0.25, -0.2) is 10.2 Å². The Morgan fingerprint density at radius 2 is 1.97 bits per heavy atom. The van der Waals surface area contributed by atoms with Gasteiger partial charge in [0.15, 0.2) is 0 Å². The number of amides is 1. The molecule has 0 aliphatic carbocycles. The van der Waals surface area contributed by atoms with Crippen LogP contribution < -0.4 is 5.43 Å². The van der Waals surface area contributed by atoms with Crippen LogP contribution in [0.1, 0.15) is 25.7 Å². The number of thiophene rings is 1. The Balaban J connectivity index is 1.51. The van der Waals surface area contributed by atoms with Gasteiger partial charge in [0, 0.05) is 34.1 Å². The lowest BCUT2D eigenvalue weighted by Gasteiger charge is -2.07. The Kier molecular flexibility index (Phi) is 5.29. The van der Waals surface area contributed by atoms with Gasteiger partial charge in [-0.15, -0.1) is 11.3 Å². The van der Waals surface area contributed by atoms with Crippen LogP contribution in [0.3, 0.4) is 0 Å². The number of fused-ring (bicyclic) bond motifs is 1. The third-order valence-corrected chi connectivity index (χ3v) is 5.56. The predicted molar refractivity (Wildman–Crippen MR) is 116 cm³/mol. The van der Waals surface area contributed by atoms with Gasteiger partial charge in [-0.2, -0.15) is 5.10 Å². The zero-order chi connectivity index (χ0) is 22.0. The lowest BCUT2D eigenvalue weighted by molar-refractivity contribution is -0.384. The molecule has 2 heterocycles. The number of nitro benzene ring substituents is 1. The number of non-ortho nitro benzene ring substituents is 1. The monoisotopic (exact) mass is 434 g/mol. The molecule has 4 aromatic rings. The SMILES string of the molecule is O=C(O)c1cccc(-n2cccc2C=NNC(=O)c2cc3cc([N+](=O)[O-])ccc3s2)c1. The van der Waals surface area contributed by atoms with Gasteiger partial charge in [-0.05, 0) is 42.5 Å². The number of nitrogens with one attached hydrogen (secondary N) is 1. The van der Waals surface area contributed by atoms with E-state index in [1.54, 1.807) is 47.2 Å². The lowest BCUT2D eigenvalue weighted by atomic mass is 10.2. The molecule has 2 N–H and O–H groups in total. The van der Waals surface area contributed by atoms with Crippen molar-refractivity contribution in [1.29, 1.82) is 0 Å². The number of hydrogen-bond acceptors (Lipinski definition) is 6. The third kappa shape index (κ3) is 4.19. The van der Waals surface area contributed by atoms with Crippen LogP contribution in [0.5, 0.6) is 0 Å². The summed E-state index contributed by atoms with van der Waals surface area (Å²) >= 11 is 1.21. The van der Waals surface area contributed by atoms with Crippen LogP contribution in [0, 0.1) is 10.1 Å². The average molecular weight is 434 g/mol. The molecule has 0 unspecified atom stereocenters. The van der Waals surface area contributed by atoms with E-state index in [0.717, 1.165) is 4.70 Å². The molecule has 0 atom stereocenters. The highest BCUT2D eigenvalue weighted by atomic mass is 32.1. The minimum atomic E-state index is -1.02. The minimum absolute atomic E-state index is 0.0389. The summed E-state index contributed by atoms with van der Waals surface area (Å²) in [6, 6.07) is 16.0. The minimum Gasteiger partial charge on any atom is -0.478 e. The topological polar surface area (TPSA) is 127 Å². The number of aromatic carboxylic acids is 1. The van der Waals surface area contributed by atoms with Crippen molar-refractivity contribution in [1.82, 2.24) is 9.99 Å². The molecule has 0 radical (unpaired) electrons. The van der Waals surface area contributed by atoms with Crippen LogP contribution in [0.2, 0.25) is 0 Å². The van der Waals surface area contributed by atoms with Crippen molar-refractivity contribution >= 4 is 45.2 Å². The largest absolute Gasteiger partial charge is 0.478 e. The average Bonchev–Trinajstić information content (AvgIpc) is 3.40. The van der Waals surface area contributed by atoms with E-state index in [1.807, 2.05) is 0 Å². The van der Waals surface area contributed by atoms with E-state index in [4.69, 9.17) is 5.11 Å². The molecule has 154 valence electrons. The highest BCUT2D eigenvalue weighted by Crippen LogP contribution is 2.28. The van der Waals surface area contributed by atoms with Crippen LogP contribution in [0.15, 0.2) is 72.0 Å². The standard InChI is InChI=1S/C21H14N4O5S/c26-20(19-11-14-10-16(25(29)30)6-7-18(14)31-19)23-22-12-17-5-2-8-24(17)15-4-1-3-13(9-15)21(27)28/h1-12H,(H,23,26)(H,27,28). The third-order valence-electron chi connectivity index (χ3n) is 4.45.